The molecule has 2 unspecified atom stereocenters. The summed E-state index contributed by atoms with van der Waals surface area (Å²) in [6.07, 6.45) is -4.02. The highest BCUT2D eigenvalue weighted by Gasteiger charge is 2.74. The van der Waals surface area contributed by atoms with E-state index in [1.54, 1.807) is 20.8 Å². The van der Waals surface area contributed by atoms with Crippen LogP contribution >= 0.6 is 15.9 Å². The Kier molecular flexibility index (Phi) is 6.27. The molecule has 3 fully saturated rings. The van der Waals surface area contributed by atoms with Crippen LogP contribution in [-0.2, 0) is 14.4 Å². The number of halogens is 3. The third-order valence-electron chi connectivity index (χ3n) is 9.68. The number of Topliss-reactive ketones (excluding diaryl/α,β-unsaturated/α-hetero) is 1. The first kappa shape index (κ1) is 26.6. The third-order valence-corrected chi connectivity index (χ3v) is 10.3. The van der Waals surface area contributed by atoms with Gasteiger partial charge in [0.2, 0.25) is 0 Å². The van der Waals surface area contributed by atoms with E-state index in [0.29, 0.717) is 0 Å². The Morgan fingerprint density at radius 2 is 1.83 bits per heavy atom. The summed E-state index contributed by atoms with van der Waals surface area (Å²) >= 11 is 3.17. The lowest BCUT2D eigenvalue weighted by molar-refractivity contribution is -0.192. The van der Waals surface area contributed by atoms with Crippen LogP contribution in [0.5, 0.6) is 0 Å². The topological polar surface area (TPSA) is 132 Å². The molecule has 0 saturated heterocycles. The number of carbonyl (C=O) groups is 3. The monoisotopic (exact) mass is 560 g/mol. The Bertz CT molecular complexity index is 1040. The number of rotatable bonds is 5. The van der Waals surface area contributed by atoms with Crippen LogP contribution in [0.4, 0.5) is 8.78 Å². The van der Waals surface area contributed by atoms with Crippen LogP contribution < -0.4 is 0 Å². The summed E-state index contributed by atoms with van der Waals surface area (Å²) in [5.74, 6) is -5.20. The van der Waals surface area contributed by atoms with Crippen molar-refractivity contribution in [3.8, 4) is 0 Å². The molecule has 0 bridgehead atoms. The minimum absolute atomic E-state index is 0.0399. The maximum atomic E-state index is 17.1. The fourth-order valence-corrected chi connectivity index (χ4v) is 8.26. The number of aliphatic hydroxyl groups is 3. The van der Waals surface area contributed by atoms with Crippen molar-refractivity contribution < 1.29 is 43.6 Å². The molecule has 4 N–H and O–H groups in total. The van der Waals surface area contributed by atoms with Crippen LogP contribution in [0, 0.1) is 28.6 Å². The highest BCUT2D eigenvalue weighted by atomic mass is 79.9. The summed E-state index contributed by atoms with van der Waals surface area (Å²) in [4.78, 5) is 36.5. The van der Waals surface area contributed by atoms with Gasteiger partial charge in [-0.2, -0.15) is 0 Å². The van der Waals surface area contributed by atoms with Gasteiger partial charge < -0.3 is 20.4 Å². The van der Waals surface area contributed by atoms with Crippen LogP contribution in [0.3, 0.4) is 0 Å². The highest BCUT2D eigenvalue weighted by molar-refractivity contribution is 9.12. The molecule has 0 spiro atoms. The maximum Gasteiger partial charge on any atom is 0.306 e. The van der Waals surface area contributed by atoms with E-state index in [2.05, 4.69) is 15.9 Å². The second kappa shape index (κ2) is 8.26. The summed E-state index contributed by atoms with van der Waals surface area (Å²) in [7, 11) is 0. The summed E-state index contributed by atoms with van der Waals surface area (Å²) in [5, 5.41) is 41.2. The van der Waals surface area contributed by atoms with Gasteiger partial charge in [0.1, 0.15) is 23.5 Å². The van der Waals surface area contributed by atoms with Gasteiger partial charge in [0.15, 0.2) is 11.6 Å². The number of ketones is 2. The molecular weight excluding hydrogens is 530 g/mol. The Hall–Kier alpha value is -1.49. The zero-order chi connectivity index (χ0) is 26.3. The van der Waals surface area contributed by atoms with Crippen molar-refractivity contribution in [2.45, 2.75) is 82.5 Å². The molecule has 35 heavy (non-hydrogen) atoms. The van der Waals surface area contributed by atoms with Crippen LogP contribution in [0.15, 0.2) is 22.2 Å². The van der Waals surface area contributed by atoms with Gasteiger partial charge in [0.25, 0.3) is 0 Å². The molecule has 194 valence electrons. The van der Waals surface area contributed by atoms with Crippen LogP contribution in [0.1, 0.15) is 52.9 Å². The molecule has 0 aromatic heterocycles. The van der Waals surface area contributed by atoms with Gasteiger partial charge in [-0.1, -0.05) is 19.9 Å². The Balaban J connectivity index is 1.74. The summed E-state index contributed by atoms with van der Waals surface area (Å²) in [6, 6.07) is 0. The van der Waals surface area contributed by atoms with Crippen molar-refractivity contribution >= 4 is 33.5 Å². The maximum absolute atomic E-state index is 17.1. The van der Waals surface area contributed by atoms with E-state index < -0.39 is 82.2 Å². The number of hydrogen-bond donors (Lipinski definition) is 4. The van der Waals surface area contributed by atoms with E-state index in [4.69, 9.17) is 5.11 Å². The molecule has 10 atom stereocenters. The lowest BCUT2D eigenvalue weighted by Crippen LogP contribution is -2.66. The van der Waals surface area contributed by atoms with Crippen molar-refractivity contribution in [2.75, 3.05) is 0 Å². The first-order valence-corrected chi connectivity index (χ1v) is 12.7. The van der Waals surface area contributed by atoms with E-state index in [1.165, 1.54) is 6.08 Å². The van der Waals surface area contributed by atoms with Crippen molar-refractivity contribution in [3.05, 3.63) is 22.2 Å². The van der Waals surface area contributed by atoms with Gasteiger partial charge in [-0.15, -0.1) is 0 Å². The lowest BCUT2D eigenvalue weighted by Gasteiger charge is -2.61. The first-order valence-electron chi connectivity index (χ1n) is 11.9. The predicted octanol–water partition coefficient (Wildman–Crippen LogP) is 2.80. The van der Waals surface area contributed by atoms with E-state index in [9.17, 15) is 29.7 Å². The highest BCUT2D eigenvalue weighted by Crippen LogP contribution is 2.71. The van der Waals surface area contributed by atoms with E-state index in [-0.39, 0.29) is 35.7 Å². The van der Waals surface area contributed by atoms with Gasteiger partial charge in [-0.3, -0.25) is 14.4 Å². The zero-order valence-corrected chi connectivity index (χ0v) is 21.4. The van der Waals surface area contributed by atoms with Gasteiger partial charge in [0, 0.05) is 16.7 Å². The van der Waals surface area contributed by atoms with Crippen molar-refractivity contribution in [2.24, 2.45) is 28.6 Å². The molecular formula is C25H31BrF2O7. The molecule has 0 aromatic carbocycles. The van der Waals surface area contributed by atoms with E-state index >= 15 is 8.78 Å². The standard InChI is InChI=1S/C25H31BrF2O7/c1-11-6-12-13-7-16(27)14-8-17(29)15(26)10-23(14,3)24(13,28)5-4-22(12,2)25(11,35)21(34)20(33)18(30)9-19(31)32/h8,10-13,16,18,20,30,33,35H,4-7,9H2,1-3H3,(H,31,32)/t11-,12+,13+,16-,18?,20?,22+,23+,24-,25+/m1/s1. The number of fused-ring (bicyclic) bond motifs is 5. The van der Waals surface area contributed by atoms with Gasteiger partial charge in [0.05, 0.1) is 17.0 Å². The zero-order valence-electron chi connectivity index (χ0n) is 19.8. The van der Waals surface area contributed by atoms with Crippen molar-refractivity contribution in [1.82, 2.24) is 0 Å². The molecule has 4 aliphatic rings. The van der Waals surface area contributed by atoms with Crippen LogP contribution in [-0.4, -0.2) is 67.6 Å². The minimum Gasteiger partial charge on any atom is -0.481 e. The van der Waals surface area contributed by atoms with Gasteiger partial charge >= 0.3 is 5.97 Å². The molecule has 0 heterocycles. The average molecular weight is 561 g/mol. The van der Waals surface area contributed by atoms with Crippen LogP contribution in [0.2, 0.25) is 0 Å². The number of hydrogen-bond acceptors (Lipinski definition) is 6. The molecule has 0 aromatic rings. The molecule has 7 nitrogen and oxygen atoms in total. The molecule has 3 saturated carbocycles. The van der Waals surface area contributed by atoms with Crippen LogP contribution in [0.25, 0.3) is 0 Å². The number of carboxylic acids is 1. The summed E-state index contributed by atoms with van der Waals surface area (Å²) in [6.45, 7) is 4.80. The molecule has 0 amide bonds. The first-order chi connectivity index (χ1) is 16.0. The Morgan fingerprint density at radius 3 is 2.43 bits per heavy atom. The van der Waals surface area contributed by atoms with E-state index in [1.807, 2.05) is 0 Å². The second-order valence-electron chi connectivity index (χ2n) is 11.2. The minimum atomic E-state index is -2.17. The Labute approximate surface area is 210 Å². The van der Waals surface area contributed by atoms with Gasteiger partial charge in [-0.05, 0) is 72.0 Å². The molecule has 0 aliphatic heterocycles. The summed E-state index contributed by atoms with van der Waals surface area (Å²) in [5.41, 5.74) is -6.65. The number of carbonyl (C=O) groups excluding carboxylic acids is 2. The smallest absolute Gasteiger partial charge is 0.306 e. The fourth-order valence-electron chi connectivity index (χ4n) is 7.69. The van der Waals surface area contributed by atoms with Gasteiger partial charge in [-0.25, -0.2) is 8.78 Å². The van der Waals surface area contributed by atoms with Crippen molar-refractivity contribution in [3.63, 3.8) is 0 Å². The molecule has 4 aliphatic carbocycles. The SMILES string of the molecule is C[C@@H]1C[C@H]2[C@@H]3C[C@@H](F)C4=CC(=O)C(Br)=C[C@]4(C)[C@@]3(F)CC[C@]2(C)[C@@]1(O)C(=O)C(O)C(O)CC(=O)O. The fraction of sp³-hybridized carbons (Fsp3) is 0.720. The van der Waals surface area contributed by atoms with E-state index in [0.717, 1.165) is 6.08 Å². The van der Waals surface area contributed by atoms with Crippen molar-refractivity contribution in [1.29, 1.82) is 0 Å². The summed E-state index contributed by atoms with van der Waals surface area (Å²) < 4.78 is 32.8. The second-order valence-corrected chi connectivity index (χ2v) is 12.1. The average Bonchev–Trinajstić information content (AvgIpc) is 2.97. The normalized spacial score (nSPS) is 46.5. The number of carboxylic acid groups (broad SMARTS) is 1. The molecule has 10 heteroatoms. The quantitative estimate of drug-likeness (QED) is 0.406. The number of allylic oxidation sites excluding steroid dienone is 4. The number of aliphatic hydroxyl groups excluding tert-OH is 2. The molecule has 0 radical (unpaired) electrons. The molecule has 4 rings (SSSR count). The number of aliphatic carboxylic acids is 1. The third kappa shape index (κ3) is 3.39. The largest absolute Gasteiger partial charge is 0.481 e. The predicted molar refractivity (Wildman–Crippen MR) is 124 cm³/mol. The lowest BCUT2D eigenvalue weighted by atomic mass is 9.45. The Morgan fingerprint density at radius 1 is 1.20 bits per heavy atom. The number of alkyl halides is 2.